The molecule has 0 aliphatic carbocycles. The summed E-state index contributed by atoms with van der Waals surface area (Å²) in [6.45, 7) is 3.91. The van der Waals surface area contributed by atoms with E-state index < -0.39 is 18.0 Å². The standard InChI is InChI=1S/C15H18N4O3S/c1-10(14(16)21)22-13(20)9-23-15-18-17-11(2)19(15)8-12-6-4-3-5-7-12/h3-7,10H,8-9H2,1-2H3,(H2,16,21)/t10-/m1/s1. The van der Waals surface area contributed by atoms with Crippen LogP contribution in [0.1, 0.15) is 18.3 Å². The Kier molecular flexibility index (Phi) is 5.75. The Hall–Kier alpha value is -2.35. The van der Waals surface area contributed by atoms with Crippen LogP contribution in [0.25, 0.3) is 0 Å². The summed E-state index contributed by atoms with van der Waals surface area (Å²) in [7, 11) is 0. The number of ether oxygens (including phenoxy) is 1. The molecular formula is C15H18N4O3S. The lowest BCUT2D eigenvalue weighted by atomic mass is 10.2. The molecule has 1 aromatic heterocycles. The van der Waals surface area contributed by atoms with Crippen LogP contribution in [0.4, 0.5) is 0 Å². The molecule has 2 N–H and O–H groups in total. The first kappa shape index (κ1) is 17.0. The Balaban J connectivity index is 1.98. The van der Waals surface area contributed by atoms with Crippen LogP contribution in [0.15, 0.2) is 35.5 Å². The fourth-order valence-corrected chi connectivity index (χ4v) is 2.60. The number of carbonyl (C=O) groups excluding carboxylic acids is 2. The summed E-state index contributed by atoms with van der Waals surface area (Å²) in [5.41, 5.74) is 6.17. The average molecular weight is 334 g/mol. The van der Waals surface area contributed by atoms with Gasteiger partial charge >= 0.3 is 5.97 Å². The minimum absolute atomic E-state index is 0.0323. The van der Waals surface area contributed by atoms with Crippen molar-refractivity contribution in [2.75, 3.05) is 5.75 Å². The molecular weight excluding hydrogens is 316 g/mol. The van der Waals surface area contributed by atoms with Crippen LogP contribution in [0, 0.1) is 6.92 Å². The van der Waals surface area contributed by atoms with Gasteiger partial charge in [0.2, 0.25) is 0 Å². The van der Waals surface area contributed by atoms with Crippen molar-refractivity contribution in [1.82, 2.24) is 14.8 Å². The van der Waals surface area contributed by atoms with Crippen molar-refractivity contribution in [3.8, 4) is 0 Å². The van der Waals surface area contributed by atoms with Crippen molar-refractivity contribution >= 4 is 23.6 Å². The number of esters is 1. The topological polar surface area (TPSA) is 100 Å². The number of thioether (sulfide) groups is 1. The Bertz CT molecular complexity index is 687. The molecule has 7 nitrogen and oxygen atoms in total. The molecule has 2 rings (SSSR count). The third-order valence-electron chi connectivity index (χ3n) is 3.11. The van der Waals surface area contributed by atoms with E-state index in [1.165, 1.54) is 18.7 Å². The SMILES string of the molecule is Cc1nnc(SCC(=O)O[C@H](C)C(N)=O)n1Cc1ccccc1. The molecule has 0 fully saturated rings. The second kappa shape index (κ2) is 7.77. The van der Waals surface area contributed by atoms with E-state index in [1.807, 2.05) is 41.8 Å². The van der Waals surface area contributed by atoms with Crippen molar-refractivity contribution in [2.24, 2.45) is 5.73 Å². The third-order valence-corrected chi connectivity index (χ3v) is 4.05. The summed E-state index contributed by atoms with van der Waals surface area (Å²) < 4.78 is 6.83. The number of hydrogen-bond acceptors (Lipinski definition) is 6. The van der Waals surface area contributed by atoms with E-state index in [9.17, 15) is 9.59 Å². The molecule has 8 heteroatoms. The minimum Gasteiger partial charge on any atom is -0.452 e. The zero-order valence-corrected chi connectivity index (χ0v) is 13.7. The van der Waals surface area contributed by atoms with Crippen molar-refractivity contribution in [1.29, 1.82) is 0 Å². The van der Waals surface area contributed by atoms with Crippen LogP contribution < -0.4 is 5.73 Å². The Morgan fingerprint density at radius 1 is 1.30 bits per heavy atom. The number of nitrogens with zero attached hydrogens (tertiary/aromatic N) is 3. The van der Waals surface area contributed by atoms with Crippen LogP contribution in [-0.4, -0.2) is 38.5 Å². The third kappa shape index (κ3) is 4.82. The smallest absolute Gasteiger partial charge is 0.317 e. The van der Waals surface area contributed by atoms with Crippen molar-refractivity contribution in [2.45, 2.75) is 31.7 Å². The predicted octanol–water partition coefficient (Wildman–Crippen LogP) is 1.14. The molecule has 0 unspecified atom stereocenters. The summed E-state index contributed by atoms with van der Waals surface area (Å²) in [5.74, 6) is -0.403. The van der Waals surface area contributed by atoms with E-state index in [2.05, 4.69) is 10.2 Å². The van der Waals surface area contributed by atoms with Gasteiger partial charge in [-0.15, -0.1) is 10.2 Å². The van der Waals surface area contributed by atoms with Crippen molar-refractivity contribution in [3.05, 3.63) is 41.7 Å². The number of benzene rings is 1. The van der Waals surface area contributed by atoms with Gasteiger partial charge in [0.05, 0.1) is 12.3 Å². The minimum atomic E-state index is -0.938. The molecule has 1 aromatic carbocycles. The van der Waals surface area contributed by atoms with Crippen molar-refractivity contribution < 1.29 is 14.3 Å². The van der Waals surface area contributed by atoms with Crippen LogP contribution >= 0.6 is 11.8 Å². The first-order chi connectivity index (χ1) is 11.0. The summed E-state index contributed by atoms with van der Waals surface area (Å²) >= 11 is 1.21. The number of amides is 1. The maximum atomic E-state index is 11.7. The molecule has 0 saturated carbocycles. The summed E-state index contributed by atoms with van der Waals surface area (Å²) in [5, 5.41) is 8.74. The monoisotopic (exact) mass is 334 g/mol. The first-order valence-corrected chi connectivity index (χ1v) is 8.01. The van der Waals surface area contributed by atoms with Gasteiger partial charge in [0.15, 0.2) is 11.3 Å². The van der Waals surface area contributed by atoms with Gasteiger partial charge in [-0.2, -0.15) is 0 Å². The highest BCUT2D eigenvalue weighted by Crippen LogP contribution is 2.18. The van der Waals surface area contributed by atoms with E-state index >= 15 is 0 Å². The second-order valence-electron chi connectivity index (χ2n) is 4.92. The van der Waals surface area contributed by atoms with Gasteiger partial charge in [-0.3, -0.25) is 9.59 Å². The van der Waals surface area contributed by atoms with E-state index in [0.717, 1.165) is 11.4 Å². The first-order valence-electron chi connectivity index (χ1n) is 7.02. The predicted molar refractivity (Wildman–Crippen MR) is 85.8 cm³/mol. The molecule has 0 aliphatic rings. The zero-order valence-electron chi connectivity index (χ0n) is 12.9. The summed E-state index contributed by atoms with van der Waals surface area (Å²) in [4.78, 5) is 22.6. The molecule has 1 heterocycles. The Labute approximate surface area is 138 Å². The molecule has 23 heavy (non-hydrogen) atoms. The lowest BCUT2D eigenvalue weighted by molar-refractivity contribution is -0.151. The van der Waals surface area contributed by atoms with Crippen LogP contribution in [0.3, 0.4) is 0 Å². The van der Waals surface area contributed by atoms with Gasteiger partial charge in [0, 0.05) is 0 Å². The van der Waals surface area contributed by atoms with Gasteiger partial charge in [0.25, 0.3) is 5.91 Å². The quantitative estimate of drug-likeness (QED) is 0.602. The van der Waals surface area contributed by atoms with E-state index in [4.69, 9.17) is 10.5 Å². The molecule has 122 valence electrons. The maximum Gasteiger partial charge on any atom is 0.317 e. The highest BCUT2D eigenvalue weighted by atomic mass is 32.2. The fourth-order valence-electron chi connectivity index (χ4n) is 1.83. The number of carbonyl (C=O) groups is 2. The highest BCUT2D eigenvalue weighted by Gasteiger charge is 2.17. The van der Waals surface area contributed by atoms with Gasteiger partial charge in [-0.1, -0.05) is 42.1 Å². The van der Waals surface area contributed by atoms with E-state index in [1.54, 1.807) is 0 Å². The highest BCUT2D eigenvalue weighted by molar-refractivity contribution is 7.99. The normalized spacial score (nSPS) is 11.9. The molecule has 0 aliphatic heterocycles. The number of primary amides is 1. The van der Waals surface area contributed by atoms with Crippen molar-refractivity contribution in [3.63, 3.8) is 0 Å². The van der Waals surface area contributed by atoms with E-state index in [0.29, 0.717) is 11.7 Å². The van der Waals surface area contributed by atoms with Crippen LogP contribution in [0.2, 0.25) is 0 Å². The Morgan fingerprint density at radius 2 is 2.00 bits per heavy atom. The number of aryl methyl sites for hydroxylation is 1. The second-order valence-corrected chi connectivity index (χ2v) is 5.87. The van der Waals surface area contributed by atoms with Crippen LogP contribution in [-0.2, 0) is 20.9 Å². The average Bonchev–Trinajstić information content (AvgIpc) is 2.87. The molecule has 2 aromatic rings. The summed E-state index contributed by atoms with van der Waals surface area (Å²) in [6, 6.07) is 9.90. The fraction of sp³-hybridized carbons (Fsp3) is 0.333. The van der Waals surface area contributed by atoms with Crippen LogP contribution in [0.5, 0.6) is 0 Å². The molecule has 1 amide bonds. The van der Waals surface area contributed by atoms with Gasteiger partial charge in [0.1, 0.15) is 5.82 Å². The molecule has 1 atom stereocenters. The van der Waals surface area contributed by atoms with Gasteiger partial charge in [-0.05, 0) is 19.4 Å². The zero-order chi connectivity index (χ0) is 16.8. The lowest BCUT2D eigenvalue weighted by Gasteiger charge is -2.10. The number of aromatic nitrogens is 3. The maximum absolute atomic E-state index is 11.7. The molecule has 0 bridgehead atoms. The Morgan fingerprint density at radius 3 is 2.65 bits per heavy atom. The lowest BCUT2D eigenvalue weighted by Crippen LogP contribution is -2.31. The largest absolute Gasteiger partial charge is 0.452 e. The number of hydrogen-bond donors (Lipinski definition) is 1. The van der Waals surface area contributed by atoms with E-state index in [-0.39, 0.29) is 5.75 Å². The van der Waals surface area contributed by atoms with Gasteiger partial charge in [-0.25, -0.2) is 0 Å². The molecule has 0 radical (unpaired) electrons. The number of rotatable bonds is 7. The molecule has 0 spiro atoms. The van der Waals surface area contributed by atoms with Gasteiger partial charge < -0.3 is 15.0 Å². The molecule has 0 saturated heterocycles. The number of nitrogens with two attached hydrogens (primary N) is 1. The summed E-state index contributed by atoms with van der Waals surface area (Å²) in [6.07, 6.45) is -0.938.